The number of primary amides is 1. The third-order valence-corrected chi connectivity index (χ3v) is 5.49. The Morgan fingerprint density at radius 2 is 1.94 bits per heavy atom. The first kappa shape index (κ1) is 22.4. The number of nitrogens with one attached hydrogen (secondary N) is 1. The van der Waals surface area contributed by atoms with Crippen molar-refractivity contribution in [1.82, 2.24) is 5.32 Å². The van der Waals surface area contributed by atoms with E-state index in [4.69, 9.17) is 26.8 Å². The molecule has 0 bridgehead atoms. The summed E-state index contributed by atoms with van der Waals surface area (Å²) in [4.78, 5) is 24.6. The highest BCUT2D eigenvalue weighted by molar-refractivity contribution is 7.10. The van der Waals surface area contributed by atoms with Crippen LogP contribution in [0, 0.1) is 0 Å². The molecule has 0 radical (unpaired) electrons. The fourth-order valence-corrected chi connectivity index (χ4v) is 3.78. The topological polar surface area (TPSA) is 90.7 Å². The van der Waals surface area contributed by atoms with Gasteiger partial charge in [0.2, 0.25) is 5.91 Å². The van der Waals surface area contributed by atoms with E-state index in [9.17, 15) is 9.59 Å². The van der Waals surface area contributed by atoms with E-state index in [1.54, 1.807) is 47.7 Å². The van der Waals surface area contributed by atoms with Gasteiger partial charge in [-0.3, -0.25) is 9.59 Å². The molecule has 1 unspecified atom stereocenters. The van der Waals surface area contributed by atoms with Crippen LogP contribution in [0.4, 0.5) is 0 Å². The number of hydrogen-bond acceptors (Lipinski definition) is 5. The fraction of sp³-hybridized carbons (Fsp3) is 0.130. The van der Waals surface area contributed by atoms with Gasteiger partial charge in [0.25, 0.3) is 5.91 Å². The molecule has 8 heteroatoms. The molecule has 160 valence electrons. The van der Waals surface area contributed by atoms with Gasteiger partial charge >= 0.3 is 0 Å². The molecule has 0 fully saturated rings. The maximum atomic E-state index is 12.6. The number of ether oxygens (including phenoxy) is 2. The first-order chi connectivity index (χ1) is 15.0. The first-order valence-electron chi connectivity index (χ1n) is 9.33. The number of methoxy groups -OCH3 is 1. The average molecular weight is 457 g/mol. The van der Waals surface area contributed by atoms with E-state index in [1.807, 2.05) is 29.6 Å². The van der Waals surface area contributed by atoms with Crippen LogP contribution in [-0.2, 0) is 9.59 Å². The van der Waals surface area contributed by atoms with Crippen LogP contribution in [0.15, 0.2) is 66.1 Å². The summed E-state index contributed by atoms with van der Waals surface area (Å²) in [7, 11) is 1.49. The molecule has 0 aliphatic carbocycles. The lowest BCUT2D eigenvalue weighted by atomic mass is 10.1. The summed E-state index contributed by atoms with van der Waals surface area (Å²) >= 11 is 7.56. The number of halogens is 1. The standard InChI is InChI=1S/C23H21ClN2O4S/c1-29-19-13-15(4-10-18(19)30-14-21(25)27)5-11-22(28)26-23(20-3-2-12-31-20)16-6-8-17(24)9-7-16/h2-13,23H,14H2,1H3,(H2,25,27)(H,26,28)/b11-5+. The van der Waals surface area contributed by atoms with Gasteiger partial charge in [-0.25, -0.2) is 0 Å². The van der Waals surface area contributed by atoms with Gasteiger partial charge in [-0.05, 0) is 52.9 Å². The summed E-state index contributed by atoms with van der Waals surface area (Å²) in [6, 6.07) is 16.1. The van der Waals surface area contributed by atoms with Gasteiger partial charge < -0.3 is 20.5 Å². The summed E-state index contributed by atoms with van der Waals surface area (Å²) in [6.45, 7) is -0.247. The summed E-state index contributed by atoms with van der Waals surface area (Å²) < 4.78 is 10.6. The highest BCUT2D eigenvalue weighted by Gasteiger charge is 2.17. The van der Waals surface area contributed by atoms with Crippen molar-refractivity contribution in [1.29, 1.82) is 0 Å². The Bertz CT molecular complexity index is 1070. The highest BCUT2D eigenvalue weighted by Crippen LogP contribution is 2.29. The van der Waals surface area contributed by atoms with E-state index in [0.29, 0.717) is 16.5 Å². The predicted octanol–water partition coefficient (Wildman–Crippen LogP) is 4.19. The van der Waals surface area contributed by atoms with Crippen molar-refractivity contribution in [2.45, 2.75) is 6.04 Å². The molecule has 0 saturated heterocycles. The molecular weight excluding hydrogens is 436 g/mol. The Balaban J connectivity index is 1.73. The molecule has 31 heavy (non-hydrogen) atoms. The van der Waals surface area contributed by atoms with Crippen molar-refractivity contribution < 1.29 is 19.1 Å². The lowest BCUT2D eigenvalue weighted by Crippen LogP contribution is -2.27. The zero-order chi connectivity index (χ0) is 22.2. The fourth-order valence-electron chi connectivity index (χ4n) is 2.85. The SMILES string of the molecule is COc1cc(/C=C/C(=O)NC(c2ccc(Cl)cc2)c2cccs2)ccc1OCC(N)=O. The second kappa shape index (κ2) is 10.7. The van der Waals surface area contributed by atoms with E-state index in [2.05, 4.69) is 5.32 Å². The second-order valence-corrected chi connectivity index (χ2v) is 7.92. The van der Waals surface area contributed by atoms with Crippen LogP contribution in [-0.4, -0.2) is 25.5 Å². The predicted molar refractivity (Wildman–Crippen MR) is 122 cm³/mol. The smallest absolute Gasteiger partial charge is 0.255 e. The zero-order valence-electron chi connectivity index (χ0n) is 16.7. The Labute approximate surface area is 189 Å². The van der Waals surface area contributed by atoms with Gasteiger partial charge in [0.05, 0.1) is 13.2 Å². The molecule has 0 aliphatic rings. The van der Waals surface area contributed by atoms with Crippen molar-refractivity contribution in [2.75, 3.05) is 13.7 Å². The van der Waals surface area contributed by atoms with Crippen molar-refractivity contribution in [3.8, 4) is 11.5 Å². The number of carbonyl (C=O) groups excluding carboxylic acids is 2. The van der Waals surface area contributed by atoms with Crippen molar-refractivity contribution >= 4 is 40.8 Å². The molecule has 0 saturated carbocycles. The van der Waals surface area contributed by atoms with Gasteiger partial charge in [-0.2, -0.15) is 0 Å². The Hall–Kier alpha value is -3.29. The van der Waals surface area contributed by atoms with Crippen LogP contribution in [0.3, 0.4) is 0 Å². The number of benzene rings is 2. The van der Waals surface area contributed by atoms with E-state index in [0.717, 1.165) is 16.0 Å². The van der Waals surface area contributed by atoms with Crippen LogP contribution in [0.1, 0.15) is 22.0 Å². The van der Waals surface area contributed by atoms with Gasteiger partial charge in [-0.15, -0.1) is 11.3 Å². The van der Waals surface area contributed by atoms with E-state index >= 15 is 0 Å². The number of rotatable bonds is 9. The van der Waals surface area contributed by atoms with E-state index < -0.39 is 5.91 Å². The molecule has 3 rings (SSSR count). The van der Waals surface area contributed by atoms with Gasteiger partial charge in [0.1, 0.15) is 0 Å². The first-order valence-corrected chi connectivity index (χ1v) is 10.6. The normalized spacial score (nSPS) is 11.8. The minimum Gasteiger partial charge on any atom is -0.493 e. The Morgan fingerprint density at radius 1 is 1.16 bits per heavy atom. The van der Waals surface area contributed by atoms with Crippen molar-refractivity contribution in [3.05, 3.63) is 87.1 Å². The van der Waals surface area contributed by atoms with Gasteiger partial charge in [-0.1, -0.05) is 35.9 Å². The number of nitrogens with two attached hydrogens (primary N) is 1. The number of thiophene rings is 1. The third-order valence-electron chi connectivity index (χ3n) is 4.30. The van der Waals surface area contributed by atoms with Gasteiger partial charge in [0, 0.05) is 16.0 Å². The summed E-state index contributed by atoms with van der Waals surface area (Å²) in [5, 5.41) is 5.64. The molecule has 3 N–H and O–H groups in total. The maximum Gasteiger partial charge on any atom is 0.255 e. The quantitative estimate of drug-likeness (QED) is 0.472. The molecule has 1 aromatic heterocycles. The summed E-state index contributed by atoms with van der Waals surface area (Å²) in [6.07, 6.45) is 3.12. The van der Waals surface area contributed by atoms with Crippen LogP contribution in [0.25, 0.3) is 6.08 Å². The van der Waals surface area contributed by atoms with Crippen LogP contribution in [0.5, 0.6) is 11.5 Å². The molecule has 0 aliphatic heterocycles. The molecule has 2 aromatic carbocycles. The van der Waals surface area contributed by atoms with Crippen molar-refractivity contribution in [3.63, 3.8) is 0 Å². The molecule has 1 heterocycles. The summed E-state index contributed by atoms with van der Waals surface area (Å²) in [5.74, 6) is -0.00474. The second-order valence-electron chi connectivity index (χ2n) is 6.51. The minimum atomic E-state index is -0.580. The average Bonchev–Trinajstić information content (AvgIpc) is 3.30. The largest absolute Gasteiger partial charge is 0.493 e. The number of amides is 2. The lowest BCUT2D eigenvalue weighted by molar-refractivity contribution is -0.120. The number of hydrogen-bond donors (Lipinski definition) is 2. The van der Waals surface area contributed by atoms with Crippen LogP contribution >= 0.6 is 22.9 Å². The van der Waals surface area contributed by atoms with Crippen molar-refractivity contribution in [2.24, 2.45) is 5.73 Å². The maximum absolute atomic E-state index is 12.6. The molecule has 3 aromatic rings. The van der Waals surface area contributed by atoms with E-state index in [-0.39, 0.29) is 18.6 Å². The zero-order valence-corrected chi connectivity index (χ0v) is 18.3. The molecule has 2 amide bonds. The van der Waals surface area contributed by atoms with Crippen LogP contribution < -0.4 is 20.5 Å². The summed E-state index contributed by atoms with van der Waals surface area (Å²) in [5.41, 5.74) is 6.77. The van der Waals surface area contributed by atoms with Crippen LogP contribution in [0.2, 0.25) is 5.02 Å². The molecular formula is C23H21ClN2O4S. The molecule has 1 atom stereocenters. The molecule has 0 spiro atoms. The number of carbonyl (C=O) groups is 2. The lowest BCUT2D eigenvalue weighted by Gasteiger charge is -2.17. The third kappa shape index (κ3) is 6.34. The van der Waals surface area contributed by atoms with E-state index in [1.165, 1.54) is 13.2 Å². The highest BCUT2D eigenvalue weighted by atomic mass is 35.5. The Kier molecular flexibility index (Phi) is 7.70. The Morgan fingerprint density at radius 3 is 2.58 bits per heavy atom. The minimum absolute atomic E-state index is 0.247. The molecule has 6 nitrogen and oxygen atoms in total. The van der Waals surface area contributed by atoms with Gasteiger partial charge in [0.15, 0.2) is 18.1 Å². The monoisotopic (exact) mass is 456 g/mol.